The summed E-state index contributed by atoms with van der Waals surface area (Å²) >= 11 is 0. The van der Waals surface area contributed by atoms with Crippen LogP contribution in [0, 0.1) is 5.92 Å². The summed E-state index contributed by atoms with van der Waals surface area (Å²) in [5, 5.41) is 1.26. The third-order valence-corrected chi connectivity index (χ3v) is 3.66. The Morgan fingerprint density at radius 2 is 1.81 bits per heavy atom. The van der Waals surface area contributed by atoms with Crippen molar-refractivity contribution in [2.45, 2.75) is 52.1 Å². The average Bonchev–Trinajstić information content (AvgIpc) is 2.42. The van der Waals surface area contributed by atoms with Crippen LogP contribution in [0.2, 0.25) is 0 Å². The number of hydroxylamine groups is 2. The van der Waals surface area contributed by atoms with Crippen molar-refractivity contribution in [2.24, 2.45) is 5.92 Å². The zero-order chi connectivity index (χ0) is 16.0. The highest BCUT2D eigenvalue weighted by Crippen LogP contribution is 2.23. The van der Waals surface area contributed by atoms with Crippen LogP contribution >= 0.6 is 0 Å². The Morgan fingerprint density at radius 3 is 2.29 bits per heavy atom. The maximum atomic E-state index is 11.9. The van der Waals surface area contributed by atoms with Gasteiger partial charge < -0.3 is 9.64 Å². The van der Waals surface area contributed by atoms with E-state index in [0.717, 1.165) is 19.3 Å². The van der Waals surface area contributed by atoms with Gasteiger partial charge in [0, 0.05) is 26.6 Å². The third kappa shape index (κ3) is 6.33. The second kappa shape index (κ2) is 7.64. The summed E-state index contributed by atoms with van der Waals surface area (Å²) in [7, 11) is 3.10. The number of amides is 2. The molecule has 6 heteroatoms. The first-order chi connectivity index (χ1) is 9.73. The quantitative estimate of drug-likeness (QED) is 0.748. The van der Waals surface area contributed by atoms with Gasteiger partial charge in [-0.1, -0.05) is 0 Å². The summed E-state index contributed by atoms with van der Waals surface area (Å²) in [5.41, 5.74) is -0.453. The van der Waals surface area contributed by atoms with Crippen molar-refractivity contribution < 1.29 is 19.2 Å². The molecule has 0 aromatic heterocycles. The lowest BCUT2D eigenvalue weighted by atomic mass is 9.92. The molecule has 0 atom stereocenters. The lowest BCUT2D eigenvalue weighted by Crippen LogP contribution is -2.41. The van der Waals surface area contributed by atoms with Crippen molar-refractivity contribution in [1.29, 1.82) is 0 Å². The molecule has 1 fully saturated rings. The highest BCUT2D eigenvalue weighted by Gasteiger charge is 2.27. The van der Waals surface area contributed by atoms with Crippen molar-refractivity contribution >= 4 is 12.0 Å². The van der Waals surface area contributed by atoms with E-state index in [1.165, 1.54) is 12.2 Å². The number of hydrogen-bond donors (Lipinski definition) is 0. The number of carbonyl (C=O) groups excluding carboxylic acids is 2. The molecule has 2 amide bonds. The van der Waals surface area contributed by atoms with Crippen LogP contribution in [-0.2, 0) is 14.4 Å². The number of rotatable bonds is 4. The molecule has 0 unspecified atom stereocenters. The van der Waals surface area contributed by atoms with E-state index in [9.17, 15) is 9.59 Å². The molecule has 1 rings (SSSR count). The van der Waals surface area contributed by atoms with E-state index in [0.29, 0.717) is 25.4 Å². The van der Waals surface area contributed by atoms with Crippen LogP contribution < -0.4 is 0 Å². The molecule has 1 saturated heterocycles. The molecule has 0 radical (unpaired) electrons. The number of carbonyl (C=O) groups is 2. The van der Waals surface area contributed by atoms with E-state index in [1.54, 1.807) is 11.9 Å². The van der Waals surface area contributed by atoms with E-state index in [-0.39, 0.29) is 12.0 Å². The lowest BCUT2D eigenvalue weighted by molar-refractivity contribution is -0.169. The normalized spacial score (nSPS) is 16.7. The number of piperidine rings is 1. The fourth-order valence-electron chi connectivity index (χ4n) is 2.32. The Morgan fingerprint density at radius 1 is 1.24 bits per heavy atom. The van der Waals surface area contributed by atoms with E-state index in [2.05, 4.69) is 0 Å². The molecule has 1 aliphatic rings. The standard InChI is InChI=1S/C15H28N2O4/c1-15(2,3)21-14(19)17-10-8-12(9-11-17)6-7-13(18)16(4)20-5/h12H,6-11H2,1-5H3. The Labute approximate surface area is 127 Å². The minimum atomic E-state index is -0.453. The first-order valence-corrected chi connectivity index (χ1v) is 7.51. The fourth-order valence-corrected chi connectivity index (χ4v) is 2.32. The van der Waals surface area contributed by atoms with Crippen molar-refractivity contribution in [3.05, 3.63) is 0 Å². The third-order valence-electron chi connectivity index (χ3n) is 3.66. The topological polar surface area (TPSA) is 59.1 Å². The first-order valence-electron chi connectivity index (χ1n) is 7.51. The predicted octanol–water partition coefficient (Wildman–Crippen LogP) is 2.43. The number of nitrogens with zero attached hydrogens (tertiary/aromatic N) is 2. The van der Waals surface area contributed by atoms with Gasteiger partial charge in [0.2, 0.25) is 5.91 Å². The molecule has 0 saturated carbocycles. The highest BCUT2D eigenvalue weighted by atomic mass is 16.7. The Balaban J connectivity index is 2.29. The van der Waals surface area contributed by atoms with Crippen molar-refractivity contribution in [1.82, 2.24) is 9.96 Å². The fraction of sp³-hybridized carbons (Fsp3) is 0.867. The van der Waals surface area contributed by atoms with Crippen LogP contribution in [0.15, 0.2) is 0 Å². The van der Waals surface area contributed by atoms with Crippen LogP contribution in [0.4, 0.5) is 4.79 Å². The molecule has 0 aliphatic carbocycles. The van der Waals surface area contributed by atoms with Gasteiger partial charge in [0.1, 0.15) is 5.60 Å². The lowest BCUT2D eigenvalue weighted by Gasteiger charge is -2.33. The summed E-state index contributed by atoms with van der Waals surface area (Å²) in [6.45, 7) is 7.02. The molecule has 0 spiro atoms. The molecule has 122 valence electrons. The largest absolute Gasteiger partial charge is 0.444 e. The molecular weight excluding hydrogens is 272 g/mol. The van der Waals surface area contributed by atoms with Crippen LogP contribution in [-0.4, -0.2) is 54.8 Å². The van der Waals surface area contributed by atoms with Gasteiger partial charge in [-0.3, -0.25) is 9.63 Å². The SMILES string of the molecule is CON(C)C(=O)CCC1CCN(C(=O)OC(C)(C)C)CC1. The molecule has 6 nitrogen and oxygen atoms in total. The molecular formula is C15H28N2O4. The van der Waals surface area contributed by atoms with Crippen LogP contribution in [0.25, 0.3) is 0 Å². The molecule has 0 bridgehead atoms. The maximum Gasteiger partial charge on any atom is 0.410 e. The Hall–Kier alpha value is -1.30. The van der Waals surface area contributed by atoms with E-state index >= 15 is 0 Å². The molecule has 0 aromatic carbocycles. The summed E-state index contributed by atoms with van der Waals surface area (Å²) in [6.07, 6.45) is 2.93. The van der Waals surface area contributed by atoms with Crippen molar-refractivity contribution in [3.8, 4) is 0 Å². The summed E-state index contributed by atoms with van der Waals surface area (Å²) < 4.78 is 5.37. The minimum absolute atomic E-state index is 0.00734. The smallest absolute Gasteiger partial charge is 0.410 e. The maximum absolute atomic E-state index is 11.9. The molecule has 0 aromatic rings. The van der Waals surface area contributed by atoms with Gasteiger partial charge in [-0.15, -0.1) is 0 Å². The van der Waals surface area contributed by atoms with Crippen molar-refractivity contribution in [3.63, 3.8) is 0 Å². The van der Waals surface area contributed by atoms with Gasteiger partial charge in [0.15, 0.2) is 0 Å². The summed E-state index contributed by atoms with van der Waals surface area (Å²) in [5.74, 6) is 0.477. The van der Waals surface area contributed by atoms with Gasteiger partial charge in [-0.2, -0.15) is 0 Å². The average molecular weight is 300 g/mol. The number of ether oxygens (including phenoxy) is 1. The van der Waals surface area contributed by atoms with Gasteiger partial charge in [-0.25, -0.2) is 9.86 Å². The van der Waals surface area contributed by atoms with Crippen LogP contribution in [0.5, 0.6) is 0 Å². The van der Waals surface area contributed by atoms with Crippen LogP contribution in [0.3, 0.4) is 0 Å². The minimum Gasteiger partial charge on any atom is -0.444 e. The Kier molecular flexibility index (Phi) is 6.45. The Bertz CT molecular complexity index is 357. The van der Waals surface area contributed by atoms with E-state index in [1.807, 2.05) is 20.8 Å². The van der Waals surface area contributed by atoms with E-state index in [4.69, 9.17) is 9.57 Å². The molecule has 0 N–H and O–H groups in total. The van der Waals surface area contributed by atoms with E-state index < -0.39 is 5.60 Å². The molecule has 1 aliphatic heterocycles. The second-order valence-corrected chi connectivity index (χ2v) is 6.52. The molecule has 21 heavy (non-hydrogen) atoms. The van der Waals surface area contributed by atoms with Crippen molar-refractivity contribution in [2.75, 3.05) is 27.2 Å². The first kappa shape index (κ1) is 17.8. The predicted molar refractivity (Wildman–Crippen MR) is 79.5 cm³/mol. The van der Waals surface area contributed by atoms with Gasteiger partial charge in [0.25, 0.3) is 0 Å². The van der Waals surface area contributed by atoms with Crippen LogP contribution in [0.1, 0.15) is 46.5 Å². The van der Waals surface area contributed by atoms with Gasteiger partial charge >= 0.3 is 6.09 Å². The molecule has 1 heterocycles. The highest BCUT2D eigenvalue weighted by molar-refractivity contribution is 5.74. The van der Waals surface area contributed by atoms with Gasteiger partial charge in [0.05, 0.1) is 7.11 Å². The summed E-state index contributed by atoms with van der Waals surface area (Å²) in [6, 6.07) is 0. The van der Waals surface area contributed by atoms with Gasteiger partial charge in [-0.05, 0) is 46.0 Å². The monoisotopic (exact) mass is 300 g/mol. The number of hydrogen-bond acceptors (Lipinski definition) is 4. The zero-order valence-electron chi connectivity index (χ0n) is 13.8. The number of likely N-dealkylation sites (tertiary alicyclic amines) is 1. The zero-order valence-corrected chi connectivity index (χ0v) is 13.8. The second-order valence-electron chi connectivity index (χ2n) is 6.52. The summed E-state index contributed by atoms with van der Waals surface area (Å²) in [4.78, 5) is 30.2.